The first kappa shape index (κ1) is 13.8. The number of fused-ring (bicyclic) bond motifs is 1. The quantitative estimate of drug-likeness (QED) is 0.727. The first-order valence-electron chi connectivity index (χ1n) is 6.20. The molecule has 6 heteroatoms. The van der Waals surface area contributed by atoms with E-state index in [2.05, 4.69) is 20.9 Å². The molecule has 0 aliphatic rings. The van der Waals surface area contributed by atoms with E-state index in [-0.39, 0.29) is 0 Å². The van der Waals surface area contributed by atoms with E-state index in [9.17, 15) is 0 Å². The first-order chi connectivity index (χ1) is 10.1. The van der Waals surface area contributed by atoms with Crippen molar-refractivity contribution in [3.8, 4) is 23.0 Å². The maximum Gasteiger partial charge on any atom is 0.231 e. The Bertz CT molecular complexity index is 814. The van der Waals surface area contributed by atoms with Crippen LogP contribution in [0, 0.1) is 0 Å². The van der Waals surface area contributed by atoms with E-state index in [4.69, 9.17) is 19.6 Å². The molecule has 1 aromatic heterocycles. The van der Waals surface area contributed by atoms with Gasteiger partial charge >= 0.3 is 0 Å². The monoisotopic (exact) mass is 348 g/mol. The van der Waals surface area contributed by atoms with Gasteiger partial charge in [0.25, 0.3) is 0 Å². The number of hydrogen-bond acceptors (Lipinski definition) is 5. The summed E-state index contributed by atoms with van der Waals surface area (Å²) in [6, 6.07) is 9.07. The van der Waals surface area contributed by atoms with Crippen LogP contribution in [0.3, 0.4) is 0 Å². The predicted molar refractivity (Wildman–Crippen MR) is 84.7 cm³/mol. The summed E-state index contributed by atoms with van der Waals surface area (Å²) in [4.78, 5) is 4.48. The van der Waals surface area contributed by atoms with Crippen molar-refractivity contribution in [1.82, 2.24) is 4.98 Å². The maximum absolute atomic E-state index is 5.96. The summed E-state index contributed by atoms with van der Waals surface area (Å²) in [5.74, 6) is 1.78. The smallest absolute Gasteiger partial charge is 0.231 e. The van der Waals surface area contributed by atoms with E-state index in [1.165, 1.54) is 0 Å². The number of nitrogens with zero attached hydrogens (tertiary/aromatic N) is 1. The average Bonchev–Trinajstić information content (AvgIpc) is 2.90. The lowest BCUT2D eigenvalue weighted by Crippen LogP contribution is -1.90. The molecule has 3 rings (SSSR count). The lowest BCUT2D eigenvalue weighted by atomic mass is 10.2. The highest BCUT2D eigenvalue weighted by atomic mass is 79.9. The van der Waals surface area contributed by atoms with Crippen LogP contribution in [-0.2, 0) is 0 Å². The van der Waals surface area contributed by atoms with Gasteiger partial charge in [0.1, 0.15) is 17.0 Å². The number of ether oxygens (including phenoxy) is 2. The molecule has 0 fully saturated rings. The number of hydrogen-bond donors (Lipinski definition) is 1. The molecule has 0 saturated carbocycles. The maximum atomic E-state index is 5.96. The molecule has 0 aliphatic carbocycles. The molecule has 0 spiro atoms. The van der Waals surface area contributed by atoms with Crippen molar-refractivity contribution in [2.24, 2.45) is 0 Å². The van der Waals surface area contributed by atoms with E-state index < -0.39 is 0 Å². The number of nitrogen functional groups attached to an aromatic ring is 1. The topological polar surface area (TPSA) is 70.5 Å². The third-order valence-corrected chi connectivity index (χ3v) is 3.58. The highest BCUT2D eigenvalue weighted by Crippen LogP contribution is 2.36. The Morgan fingerprint density at radius 1 is 1.14 bits per heavy atom. The molecular weight excluding hydrogens is 336 g/mol. The minimum Gasteiger partial charge on any atom is -0.497 e. The van der Waals surface area contributed by atoms with Crippen molar-refractivity contribution in [3.05, 3.63) is 34.8 Å². The van der Waals surface area contributed by atoms with Crippen molar-refractivity contribution in [2.75, 3.05) is 20.0 Å². The minimum atomic E-state index is 0.436. The summed E-state index contributed by atoms with van der Waals surface area (Å²) in [6.45, 7) is 0. The minimum absolute atomic E-state index is 0.436. The highest BCUT2D eigenvalue weighted by molar-refractivity contribution is 9.10. The lowest BCUT2D eigenvalue weighted by Gasteiger charge is -2.07. The van der Waals surface area contributed by atoms with Gasteiger partial charge in [0.2, 0.25) is 5.89 Å². The molecule has 3 aromatic rings. The first-order valence-corrected chi connectivity index (χ1v) is 6.99. The van der Waals surface area contributed by atoms with Gasteiger partial charge in [0.05, 0.1) is 25.5 Å². The molecule has 2 aromatic carbocycles. The van der Waals surface area contributed by atoms with E-state index >= 15 is 0 Å². The fourth-order valence-corrected chi connectivity index (χ4v) is 2.58. The van der Waals surface area contributed by atoms with Crippen molar-refractivity contribution < 1.29 is 13.9 Å². The van der Waals surface area contributed by atoms with Gasteiger partial charge in [-0.15, -0.1) is 0 Å². The highest BCUT2D eigenvalue weighted by Gasteiger charge is 2.16. The fourth-order valence-electron chi connectivity index (χ4n) is 2.12. The van der Waals surface area contributed by atoms with Crippen molar-refractivity contribution in [2.45, 2.75) is 0 Å². The van der Waals surface area contributed by atoms with E-state index in [0.29, 0.717) is 39.7 Å². The van der Waals surface area contributed by atoms with Crippen LogP contribution in [-0.4, -0.2) is 19.2 Å². The van der Waals surface area contributed by atoms with Gasteiger partial charge in [-0.1, -0.05) is 15.9 Å². The van der Waals surface area contributed by atoms with Gasteiger partial charge in [0.15, 0.2) is 5.58 Å². The van der Waals surface area contributed by atoms with E-state index in [1.54, 1.807) is 20.3 Å². The second kappa shape index (κ2) is 5.29. The zero-order chi connectivity index (χ0) is 15.0. The Kier molecular flexibility index (Phi) is 3.47. The third-order valence-electron chi connectivity index (χ3n) is 3.12. The average molecular weight is 349 g/mol. The number of aromatic nitrogens is 1. The van der Waals surface area contributed by atoms with Crippen LogP contribution in [0.15, 0.2) is 39.2 Å². The number of benzene rings is 2. The SMILES string of the molecule is COc1ccc(OC)c(-c2nc3cc(Br)cc(N)c3o2)c1. The van der Waals surface area contributed by atoms with E-state index in [0.717, 1.165) is 4.47 Å². The number of nitrogens with two attached hydrogens (primary N) is 1. The summed E-state index contributed by atoms with van der Waals surface area (Å²) in [5, 5.41) is 0. The van der Waals surface area contributed by atoms with Crippen molar-refractivity contribution in [3.63, 3.8) is 0 Å². The van der Waals surface area contributed by atoms with Crippen LogP contribution >= 0.6 is 15.9 Å². The van der Waals surface area contributed by atoms with Crippen LogP contribution in [0.2, 0.25) is 0 Å². The van der Waals surface area contributed by atoms with Gasteiger partial charge in [-0.2, -0.15) is 0 Å². The zero-order valence-corrected chi connectivity index (χ0v) is 13.1. The molecule has 2 N–H and O–H groups in total. The third kappa shape index (κ3) is 2.42. The Morgan fingerprint density at radius 3 is 2.67 bits per heavy atom. The number of rotatable bonds is 3. The molecule has 5 nitrogen and oxygen atoms in total. The van der Waals surface area contributed by atoms with Crippen LogP contribution in [0.1, 0.15) is 0 Å². The molecule has 0 amide bonds. The van der Waals surface area contributed by atoms with Gasteiger partial charge in [-0.3, -0.25) is 0 Å². The van der Waals surface area contributed by atoms with Gasteiger partial charge in [-0.25, -0.2) is 4.98 Å². The second-order valence-electron chi connectivity index (χ2n) is 4.43. The molecule has 0 radical (unpaired) electrons. The summed E-state index contributed by atoms with van der Waals surface area (Å²) >= 11 is 3.39. The van der Waals surface area contributed by atoms with Gasteiger partial charge in [-0.05, 0) is 30.3 Å². The van der Waals surface area contributed by atoms with Crippen molar-refractivity contribution >= 4 is 32.7 Å². The Balaban J connectivity index is 2.22. The molecule has 0 atom stereocenters. The Morgan fingerprint density at radius 2 is 1.95 bits per heavy atom. The van der Waals surface area contributed by atoms with E-state index in [1.807, 2.05) is 24.3 Å². The fraction of sp³-hybridized carbons (Fsp3) is 0.133. The lowest BCUT2D eigenvalue weighted by molar-refractivity contribution is 0.403. The summed E-state index contributed by atoms with van der Waals surface area (Å²) in [7, 11) is 3.20. The molecule has 1 heterocycles. The summed E-state index contributed by atoms with van der Waals surface area (Å²) in [6.07, 6.45) is 0. The largest absolute Gasteiger partial charge is 0.497 e. The normalized spacial score (nSPS) is 10.8. The molecule has 108 valence electrons. The predicted octanol–water partition coefficient (Wildman–Crippen LogP) is 3.86. The molecule has 0 saturated heterocycles. The van der Waals surface area contributed by atoms with Crippen LogP contribution in [0.25, 0.3) is 22.6 Å². The second-order valence-corrected chi connectivity index (χ2v) is 5.34. The molecule has 0 unspecified atom stereocenters. The number of halogens is 1. The standard InChI is InChI=1S/C15H13BrN2O3/c1-19-9-3-4-13(20-2)10(7-9)15-18-12-6-8(16)5-11(17)14(12)21-15/h3-7H,17H2,1-2H3. The van der Waals surface area contributed by atoms with Crippen LogP contribution in [0.5, 0.6) is 11.5 Å². The van der Waals surface area contributed by atoms with Gasteiger partial charge in [0, 0.05) is 4.47 Å². The van der Waals surface area contributed by atoms with Crippen molar-refractivity contribution in [1.29, 1.82) is 0 Å². The summed E-state index contributed by atoms with van der Waals surface area (Å²) in [5.41, 5.74) is 8.43. The zero-order valence-electron chi connectivity index (χ0n) is 11.5. The van der Waals surface area contributed by atoms with Crippen LogP contribution < -0.4 is 15.2 Å². The Labute approximate surface area is 129 Å². The van der Waals surface area contributed by atoms with Crippen LogP contribution in [0.4, 0.5) is 5.69 Å². The molecular formula is C15H13BrN2O3. The number of anilines is 1. The van der Waals surface area contributed by atoms with Gasteiger partial charge < -0.3 is 19.6 Å². The summed E-state index contributed by atoms with van der Waals surface area (Å²) < 4.78 is 17.2. The molecule has 0 aliphatic heterocycles. The number of oxazole rings is 1. The molecule has 21 heavy (non-hydrogen) atoms. The number of methoxy groups -OCH3 is 2. The Hall–Kier alpha value is -2.21. The molecule has 0 bridgehead atoms.